The normalized spacial score (nSPS) is 18.4. The van der Waals surface area contributed by atoms with Gasteiger partial charge in [-0.2, -0.15) is 0 Å². The number of nitrogens with zero attached hydrogens (tertiary/aromatic N) is 1. The van der Waals surface area contributed by atoms with Crippen molar-refractivity contribution in [3.05, 3.63) is 15.6 Å². The molecule has 1 aromatic heterocycles. The van der Waals surface area contributed by atoms with E-state index in [1.165, 1.54) is 61.2 Å². The van der Waals surface area contributed by atoms with Gasteiger partial charge in [-0.3, -0.25) is 0 Å². The Labute approximate surface area is 112 Å². The van der Waals surface area contributed by atoms with Gasteiger partial charge in [-0.1, -0.05) is 38.5 Å². The lowest BCUT2D eigenvalue weighted by Crippen LogP contribution is -1.97. The fourth-order valence-corrected chi connectivity index (χ4v) is 3.49. The molecule has 0 spiro atoms. The molecule has 100 valence electrons. The van der Waals surface area contributed by atoms with E-state index in [0.29, 0.717) is 0 Å². The predicted molar refractivity (Wildman–Crippen MR) is 73.4 cm³/mol. The van der Waals surface area contributed by atoms with Gasteiger partial charge in [0, 0.05) is 4.88 Å². The molecule has 0 unspecified atom stereocenters. The van der Waals surface area contributed by atoms with Crippen LogP contribution in [0.3, 0.4) is 0 Å². The number of aromatic nitrogens is 1. The summed E-state index contributed by atoms with van der Waals surface area (Å²) in [6, 6.07) is 0. The van der Waals surface area contributed by atoms with Crippen molar-refractivity contribution in [1.29, 1.82) is 0 Å². The molecule has 1 aromatic rings. The number of aryl methyl sites for hydroxylation is 2. The number of carboxylic acid groups (broad SMARTS) is 1. The molecule has 0 saturated heterocycles. The first kappa shape index (κ1) is 13.5. The van der Waals surface area contributed by atoms with Gasteiger partial charge in [0.1, 0.15) is 0 Å². The minimum Gasteiger partial charge on any atom is -0.476 e. The molecule has 0 aliphatic heterocycles. The smallest absolute Gasteiger partial charge is 0.365 e. The summed E-state index contributed by atoms with van der Waals surface area (Å²) in [5, 5.41) is 9.30. The molecule has 1 heterocycles. The Hall–Kier alpha value is -0.900. The largest absolute Gasteiger partial charge is 0.476 e. The molecule has 0 amide bonds. The fraction of sp³-hybridized carbons (Fsp3) is 0.714. The van der Waals surface area contributed by atoms with Crippen LogP contribution >= 0.6 is 11.3 Å². The van der Waals surface area contributed by atoms with E-state index in [1.807, 2.05) is 0 Å². The van der Waals surface area contributed by atoms with Crippen molar-refractivity contribution in [3.8, 4) is 0 Å². The van der Waals surface area contributed by atoms with Crippen molar-refractivity contribution in [2.75, 3.05) is 0 Å². The van der Waals surface area contributed by atoms with Crippen LogP contribution in [0.4, 0.5) is 0 Å². The van der Waals surface area contributed by atoms with Gasteiger partial charge in [-0.25, -0.2) is 9.78 Å². The van der Waals surface area contributed by atoms with Crippen LogP contribution in [0.1, 0.15) is 71.7 Å². The van der Waals surface area contributed by atoms with Crippen molar-refractivity contribution < 1.29 is 9.90 Å². The highest BCUT2D eigenvalue weighted by Crippen LogP contribution is 2.24. The van der Waals surface area contributed by atoms with Crippen LogP contribution in [0, 0.1) is 0 Å². The Balaban J connectivity index is 2.07. The van der Waals surface area contributed by atoms with Gasteiger partial charge in [-0.15, -0.1) is 11.3 Å². The third-order valence-electron chi connectivity index (χ3n) is 3.53. The van der Waals surface area contributed by atoms with Gasteiger partial charge >= 0.3 is 5.97 Å². The minimum atomic E-state index is -0.878. The number of carbonyl (C=O) groups is 1. The van der Waals surface area contributed by atoms with Crippen LogP contribution in [-0.2, 0) is 12.8 Å². The Morgan fingerprint density at radius 1 is 0.944 bits per heavy atom. The first-order valence-electron chi connectivity index (χ1n) is 6.99. The number of carboxylic acids is 1. The Morgan fingerprint density at radius 2 is 1.50 bits per heavy atom. The molecule has 0 bridgehead atoms. The van der Waals surface area contributed by atoms with Crippen molar-refractivity contribution in [1.82, 2.24) is 4.98 Å². The van der Waals surface area contributed by atoms with Gasteiger partial charge < -0.3 is 5.11 Å². The maximum atomic E-state index is 11.0. The summed E-state index contributed by atoms with van der Waals surface area (Å²) in [5.41, 5.74) is 1.05. The molecule has 0 saturated carbocycles. The van der Waals surface area contributed by atoms with Gasteiger partial charge in [0.2, 0.25) is 5.01 Å². The predicted octanol–water partition coefficient (Wildman–Crippen LogP) is 4.06. The second-order valence-electron chi connectivity index (χ2n) is 5.02. The minimum absolute atomic E-state index is 0.273. The van der Waals surface area contributed by atoms with Gasteiger partial charge in [0.05, 0.1) is 5.69 Å². The van der Waals surface area contributed by atoms with E-state index in [-0.39, 0.29) is 5.01 Å². The number of hydrogen-bond acceptors (Lipinski definition) is 3. The lowest BCUT2D eigenvalue weighted by Gasteiger charge is -2.06. The molecule has 3 nitrogen and oxygen atoms in total. The molecule has 4 heteroatoms. The number of fused-ring (bicyclic) bond motifs is 1. The lowest BCUT2D eigenvalue weighted by atomic mass is 10.0. The van der Waals surface area contributed by atoms with Crippen LogP contribution in [0.25, 0.3) is 0 Å². The first-order valence-corrected chi connectivity index (χ1v) is 7.81. The van der Waals surface area contributed by atoms with Gasteiger partial charge in [-0.05, 0) is 25.7 Å². The van der Waals surface area contributed by atoms with E-state index in [2.05, 4.69) is 4.98 Å². The SMILES string of the molecule is O=C(O)c1nc2c(s1)CCCCCCCCCC2. The highest BCUT2D eigenvalue weighted by molar-refractivity contribution is 7.13. The summed E-state index contributed by atoms with van der Waals surface area (Å²) in [6.07, 6.45) is 12.1. The molecule has 0 fully saturated rings. The van der Waals surface area contributed by atoms with Crippen molar-refractivity contribution >= 4 is 17.3 Å². The molecule has 1 aliphatic carbocycles. The zero-order chi connectivity index (χ0) is 12.8. The first-order chi connectivity index (χ1) is 8.77. The topological polar surface area (TPSA) is 50.2 Å². The Bertz CT molecular complexity index is 371. The maximum absolute atomic E-state index is 11.0. The molecule has 2 rings (SSSR count). The van der Waals surface area contributed by atoms with Crippen molar-refractivity contribution in [3.63, 3.8) is 0 Å². The third-order valence-corrected chi connectivity index (χ3v) is 4.67. The zero-order valence-electron chi connectivity index (χ0n) is 10.8. The van der Waals surface area contributed by atoms with Crippen LogP contribution in [-0.4, -0.2) is 16.1 Å². The number of rotatable bonds is 1. The summed E-state index contributed by atoms with van der Waals surface area (Å²) >= 11 is 1.38. The van der Waals surface area contributed by atoms with E-state index in [9.17, 15) is 4.79 Å². The van der Waals surface area contributed by atoms with E-state index >= 15 is 0 Å². The van der Waals surface area contributed by atoms with Crippen molar-refractivity contribution in [2.24, 2.45) is 0 Å². The average Bonchev–Trinajstić information content (AvgIpc) is 2.72. The molecule has 0 radical (unpaired) electrons. The lowest BCUT2D eigenvalue weighted by molar-refractivity contribution is 0.0696. The molecule has 1 N–H and O–H groups in total. The Kier molecular flexibility index (Phi) is 5.17. The number of hydrogen-bond donors (Lipinski definition) is 1. The van der Waals surface area contributed by atoms with Crippen molar-refractivity contribution in [2.45, 2.75) is 64.2 Å². The fourth-order valence-electron chi connectivity index (χ4n) is 2.50. The molecular formula is C14H21NO2S. The van der Waals surface area contributed by atoms with E-state index < -0.39 is 5.97 Å². The molecule has 0 aromatic carbocycles. The summed E-state index contributed by atoms with van der Waals surface area (Å²) in [7, 11) is 0. The molecule has 1 aliphatic rings. The molecule has 18 heavy (non-hydrogen) atoms. The maximum Gasteiger partial charge on any atom is 0.365 e. The standard InChI is InChI=1S/C14H21NO2S/c16-14(17)13-15-11-9-7-5-3-1-2-4-6-8-10-12(11)18-13/h1-10H2,(H,16,17). The average molecular weight is 267 g/mol. The highest BCUT2D eigenvalue weighted by atomic mass is 32.1. The van der Waals surface area contributed by atoms with Crippen LogP contribution in [0.2, 0.25) is 0 Å². The van der Waals surface area contributed by atoms with Crippen LogP contribution in [0.15, 0.2) is 0 Å². The number of aromatic carboxylic acids is 1. The summed E-state index contributed by atoms with van der Waals surface area (Å²) in [6.45, 7) is 0. The number of thiazole rings is 1. The van der Waals surface area contributed by atoms with Crippen LogP contribution in [0.5, 0.6) is 0 Å². The monoisotopic (exact) mass is 267 g/mol. The zero-order valence-corrected chi connectivity index (χ0v) is 11.6. The second kappa shape index (κ2) is 6.88. The highest BCUT2D eigenvalue weighted by Gasteiger charge is 2.15. The van der Waals surface area contributed by atoms with E-state index in [4.69, 9.17) is 5.11 Å². The molecular weight excluding hydrogens is 246 g/mol. The quantitative estimate of drug-likeness (QED) is 0.834. The summed E-state index contributed by atoms with van der Waals surface area (Å²) in [4.78, 5) is 16.5. The van der Waals surface area contributed by atoms with Crippen LogP contribution < -0.4 is 0 Å². The second-order valence-corrected chi connectivity index (χ2v) is 6.11. The van der Waals surface area contributed by atoms with E-state index in [0.717, 1.165) is 25.0 Å². The van der Waals surface area contributed by atoms with Gasteiger partial charge in [0.15, 0.2) is 0 Å². The third kappa shape index (κ3) is 3.80. The Morgan fingerprint density at radius 3 is 2.11 bits per heavy atom. The van der Waals surface area contributed by atoms with E-state index in [1.54, 1.807) is 0 Å². The molecule has 0 atom stereocenters. The summed E-state index contributed by atoms with van der Waals surface area (Å²) in [5.74, 6) is -0.878. The van der Waals surface area contributed by atoms with Gasteiger partial charge in [0.25, 0.3) is 0 Å². The summed E-state index contributed by atoms with van der Waals surface area (Å²) < 4.78 is 0.